The fourth-order valence-corrected chi connectivity index (χ4v) is 4.83. The van der Waals surface area contributed by atoms with E-state index in [1.165, 1.54) is 4.90 Å². The van der Waals surface area contributed by atoms with Gasteiger partial charge in [0.1, 0.15) is 22.6 Å². The van der Waals surface area contributed by atoms with E-state index in [2.05, 4.69) is 0 Å². The van der Waals surface area contributed by atoms with Crippen LogP contribution in [0.3, 0.4) is 0 Å². The molecule has 0 fully saturated rings. The van der Waals surface area contributed by atoms with Crippen LogP contribution < -0.4 is 4.74 Å². The number of carbonyl (C=O) groups excluding carboxylic acids is 3. The topological polar surface area (TPSA) is 172 Å². The molecule has 0 aliphatic rings. The van der Waals surface area contributed by atoms with E-state index in [-0.39, 0.29) is 39.3 Å². The SMILES string of the molecule is CCOc1ccc(CC(CN(CCN(CC(=O)O)CC(=O)O)CC(=O)OC(C)(C)C)N(CC(=O)OC(C)(C)C)CC(=O)OC(C)(C)C)cc1. The molecule has 14 nitrogen and oxygen atoms in total. The summed E-state index contributed by atoms with van der Waals surface area (Å²) in [6.07, 6.45) is 0.316. The van der Waals surface area contributed by atoms with Gasteiger partial charge < -0.3 is 29.2 Å². The Hall–Kier alpha value is -3.75. The van der Waals surface area contributed by atoms with Crippen molar-refractivity contribution in [3.63, 3.8) is 0 Å². The Balaban J connectivity index is 3.64. The van der Waals surface area contributed by atoms with Gasteiger partial charge in [-0.2, -0.15) is 0 Å². The van der Waals surface area contributed by atoms with Crippen LogP contribution in [0.1, 0.15) is 74.8 Å². The lowest BCUT2D eigenvalue weighted by Gasteiger charge is -2.36. The molecule has 0 amide bonds. The van der Waals surface area contributed by atoms with Crippen molar-refractivity contribution >= 4 is 29.8 Å². The van der Waals surface area contributed by atoms with E-state index < -0.39 is 65.8 Å². The second kappa shape index (κ2) is 19.4. The fraction of sp³-hybridized carbons (Fsp3) is 0.686. The summed E-state index contributed by atoms with van der Waals surface area (Å²) in [7, 11) is 0. The third-order valence-electron chi connectivity index (χ3n) is 6.42. The lowest BCUT2D eigenvalue weighted by atomic mass is 10.0. The summed E-state index contributed by atoms with van der Waals surface area (Å²) in [6.45, 7) is 16.3. The van der Waals surface area contributed by atoms with Crippen molar-refractivity contribution in [2.24, 2.45) is 0 Å². The van der Waals surface area contributed by atoms with Crippen molar-refractivity contribution in [1.82, 2.24) is 14.7 Å². The number of carboxylic acids is 2. The number of nitrogens with zero attached hydrogens (tertiary/aromatic N) is 3. The number of benzene rings is 1. The quantitative estimate of drug-likeness (QED) is 0.151. The highest BCUT2D eigenvalue weighted by molar-refractivity contribution is 5.76. The van der Waals surface area contributed by atoms with Gasteiger partial charge in [0.05, 0.1) is 39.3 Å². The van der Waals surface area contributed by atoms with E-state index in [0.717, 1.165) is 5.56 Å². The highest BCUT2D eigenvalue weighted by Gasteiger charge is 2.31. The van der Waals surface area contributed by atoms with Gasteiger partial charge in [-0.3, -0.25) is 38.7 Å². The van der Waals surface area contributed by atoms with Crippen LogP contribution in [0, 0.1) is 0 Å². The molecule has 1 aromatic carbocycles. The molecule has 0 aliphatic heterocycles. The molecule has 1 atom stereocenters. The van der Waals surface area contributed by atoms with Gasteiger partial charge in [-0.25, -0.2) is 0 Å². The van der Waals surface area contributed by atoms with Gasteiger partial charge in [0.15, 0.2) is 0 Å². The number of carboxylic acid groups (broad SMARTS) is 2. The fourth-order valence-electron chi connectivity index (χ4n) is 4.83. The van der Waals surface area contributed by atoms with E-state index in [0.29, 0.717) is 18.8 Å². The van der Waals surface area contributed by atoms with E-state index in [4.69, 9.17) is 18.9 Å². The van der Waals surface area contributed by atoms with E-state index in [1.54, 1.807) is 72.1 Å². The van der Waals surface area contributed by atoms with E-state index >= 15 is 0 Å². The monoisotopic (exact) mass is 695 g/mol. The lowest BCUT2D eigenvalue weighted by molar-refractivity contribution is -0.162. The van der Waals surface area contributed by atoms with Gasteiger partial charge in [-0.1, -0.05) is 12.1 Å². The highest BCUT2D eigenvalue weighted by Crippen LogP contribution is 2.19. The van der Waals surface area contributed by atoms with Crippen molar-refractivity contribution in [1.29, 1.82) is 0 Å². The second-order valence-electron chi connectivity index (χ2n) is 14.8. The minimum absolute atomic E-state index is 0.00466. The molecule has 0 radical (unpaired) electrons. The summed E-state index contributed by atoms with van der Waals surface area (Å²) in [6, 6.07) is 6.78. The number of hydrogen-bond acceptors (Lipinski definition) is 12. The molecule has 0 saturated heterocycles. The zero-order chi connectivity index (χ0) is 37.6. The first-order valence-corrected chi connectivity index (χ1v) is 16.4. The Morgan fingerprint density at radius 3 is 1.43 bits per heavy atom. The van der Waals surface area contributed by atoms with Crippen molar-refractivity contribution in [2.45, 2.75) is 98.5 Å². The van der Waals surface area contributed by atoms with Gasteiger partial charge in [0.25, 0.3) is 0 Å². The number of esters is 3. The Labute approximate surface area is 290 Å². The Morgan fingerprint density at radius 2 is 1.04 bits per heavy atom. The van der Waals surface area contributed by atoms with Crippen molar-refractivity contribution in [2.75, 3.05) is 59.0 Å². The Morgan fingerprint density at radius 1 is 0.633 bits per heavy atom. The lowest BCUT2D eigenvalue weighted by Crippen LogP contribution is -2.52. The van der Waals surface area contributed by atoms with Gasteiger partial charge >= 0.3 is 29.8 Å². The molecule has 2 N–H and O–H groups in total. The molecule has 1 rings (SSSR count). The van der Waals surface area contributed by atoms with Gasteiger partial charge in [0, 0.05) is 25.7 Å². The van der Waals surface area contributed by atoms with Crippen LogP contribution >= 0.6 is 0 Å². The molecule has 0 heterocycles. The maximum absolute atomic E-state index is 13.2. The number of rotatable bonds is 20. The van der Waals surface area contributed by atoms with Crippen LogP contribution in [-0.4, -0.2) is 137 Å². The molecule has 14 heteroatoms. The number of ether oxygens (including phenoxy) is 4. The zero-order valence-electron chi connectivity index (χ0n) is 30.9. The molecule has 1 unspecified atom stereocenters. The molecular weight excluding hydrogens is 638 g/mol. The number of carbonyl (C=O) groups is 5. The molecule has 0 aliphatic carbocycles. The molecular formula is C35H57N3O11. The predicted octanol–water partition coefficient (Wildman–Crippen LogP) is 3.10. The predicted molar refractivity (Wildman–Crippen MR) is 182 cm³/mol. The van der Waals surface area contributed by atoms with Crippen LogP contribution in [0.4, 0.5) is 0 Å². The van der Waals surface area contributed by atoms with Crippen LogP contribution in [0.2, 0.25) is 0 Å². The zero-order valence-corrected chi connectivity index (χ0v) is 30.9. The minimum atomic E-state index is -1.20. The maximum Gasteiger partial charge on any atom is 0.320 e. The Kier molecular flexibility index (Phi) is 17.2. The van der Waals surface area contributed by atoms with Gasteiger partial charge in [0.2, 0.25) is 0 Å². The molecule has 49 heavy (non-hydrogen) atoms. The molecule has 0 saturated carbocycles. The molecule has 1 aromatic rings. The van der Waals surface area contributed by atoms with Crippen molar-refractivity contribution in [3.8, 4) is 5.75 Å². The first-order chi connectivity index (χ1) is 22.4. The van der Waals surface area contributed by atoms with Crippen LogP contribution in [-0.2, 0) is 44.6 Å². The molecule has 0 aromatic heterocycles. The normalized spacial score (nSPS) is 12.9. The largest absolute Gasteiger partial charge is 0.494 e. The molecule has 0 spiro atoms. The summed E-state index contributed by atoms with van der Waals surface area (Å²) in [5.41, 5.74) is -1.52. The average Bonchev–Trinajstić information content (AvgIpc) is 2.88. The first-order valence-electron chi connectivity index (χ1n) is 16.4. The first kappa shape index (κ1) is 43.3. The summed E-state index contributed by atoms with van der Waals surface area (Å²) in [5.74, 6) is -3.42. The number of hydrogen-bond donors (Lipinski definition) is 2. The van der Waals surface area contributed by atoms with E-state index in [9.17, 15) is 34.2 Å². The third kappa shape index (κ3) is 21.1. The van der Waals surface area contributed by atoms with Crippen molar-refractivity contribution < 1.29 is 53.1 Å². The summed E-state index contributed by atoms with van der Waals surface area (Å²) < 4.78 is 22.4. The molecule has 0 bridgehead atoms. The van der Waals surface area contributed by atoms with Crippen LogP contribution in [0.5, 0.6) is 5.75 Å². The Bertz CT molecular complexity index is 1190. The van der Waals surface area contributed by atoms with E-state index in [1.807, 2.05) is 31.2 Å². The van der Waals surface area contributed by atoms with Gasteiger partial charge in [-0.15, -0.1) is 0 Å². The van der Waals surface area contributed by atoms with Crippen molar-refractivity contribution in [3.05, 3.63) is 29.8 Å². The van der Waals surface area contributed by atoms with Crippen LogP contribution in [0.25, 0.3) is 0 Å². The minimum Gasteiger partial charge on any atom is -0.494 e. The third-order valence-corrected chi connectivity index (χ3v) is 6.42. The summed E-state index contributed by atoms with van der Waals surface area (Å²) in [5, 5.41) is 18.7. The number of aliphatic carboxylic acids is 2. The second-order valence-corrected chi connectivity index (χ2v) is 14.8. The van der Waals surface area contributed by atoms with Crippen LogP contribution in [0.15, 0.2) is 24.3 Å². The standard InChI is InChI=1S/C35H57N3O11/c1-11-46-27-14-12-25(13-15-27)18-26(38(23-31(44)48-34(5,6)7)24-32(45)49-35(8,9)10)19-36(22-30(43)47-33(2,3)4)16-17-37(20-28(39)40)21-29(41)42/h12-15,26H,11,16-24H2,1-10H3,(H,39,40)(H,41,42). The highest BCUT2D eigenvalue weighted by atomic mass is 16.6. The smallest absolute Gasteiger partial charge is 0.320 e. The summed E-state index contributed by atoms with van der Waals surface area (Å²) in [4.78, 5) is 67.1. The average molecular weight is 696 g/mol. The van der Waals surface area contributed by atoms with Gasteiger partial charge in [-0.05, 0) is 93.4 Å². The molecule has 278 valence electrons. The maximum atomic E-state index is 13.2. The summed E-state index contributed by atoms with van der Waals surface area (Å²) >= 11 is 0.